The first-order valence-electron chi connectivity index (χ1n) is 6.60. The normalized spacial score (nSPS) is 18.6. The standard InChI is InChI=1S/C16H16FNO2/c1-18-16(11-6-2-3-7-12(11)17)15-10-19-13-8-4-5-9-14(13)20-15/h2-9,15-16,18H,10H2,1H3. The highest BCUT2D eigenvalue weighted by atomic mass is 19.1. The van der Waals surface area contributed by atoms with E-state index in [1.54, 1.807) is 19.2 Å². The highest BCUT2D eigenvalue weighted by molar-refractivity contribution is 5.41. The van der Waals surface area contributed by atoms with Crippen LogP contribution in [0.3, 0.4) is 0 Å². The molecule has 3 nitrogen and oxygen atoms in total. The number of nitrogens with one attached hydrogen (secondary N) is 1. The van der Waals surface area contributed by atoms with Crippen LogP contribution in [-0.4, -0.2) is 19.8 Å². The molecule has 0 saturated heterocycles. The molecule has 0 spiro atoms. The SMILES string of the molecule is CNC(c1ccccc1F)C1COc2ccccc2O1. The Morgan fingerprint density at radius 1 is 1.10 bits per heavy atom. The van der Waals surface area contributed by atoms with E-state index < -0.39 is 0 Å². The van der Waals surface area contributed by atoms with Crippen molar-refractivity contribution in [3.05, 3.63) is 59.9 Å². The Morgan fingerprint density at radius 3 is 2.55 bits per heavy atom. The number of likely N-dealkylation sites (N-methyl/N-ethyl adjacent to an activating group) is 1. The zero-order chi connectivity index (χ0) is 13.9. The maximum absolute atomic E-state index is 13.9. The Bertz CT molecular complexity index is 603. The van der Waals surface area contributed by atoms with Gasteiger partial charge < -0.3 is 14.8 Å². The van der Waals surface area contributed by atoms with Gasteiger partial charge in [-0.25, -0.2) is 4.39 Å². The van der Waals surface area contributed by atoms with Crippen LogP contribution in [0.25, 0.3) is 0 Å². The van der Waals surface area contributed by atoms with Gasteiger partial charge in [0.1, 0.15) is 12.4 Å². The van der Waals surface area contributed by atoms with E-state index in [-0.39, 0.29) is 18.0 Å². The molecule has 0 bridgehead atoms. The molecule has 2 unspecified atom stereocenters. The van der Waals surface area contributed by atoms with Crippen LogP contribution in [0, 0.1) is 5.82 Å². The maximum Gasteiger partial charge on any atom is 0.161 e. The van der Waals surface area contributed by atoms with E-state index in [0.29, 0.717) is 17.9 Å². The van der Waals surface area contributed by atoms with Crippen LogP contribution < -0.4 is 14.8 Å². The molecule has 0 fully saturated rings. The largest absolute Gasteiger partial charge is 0.486 e. The molecule has 3 rings (SSSR count). The molecule has 104 valence electrons. The monoisotopic (exact) mass is 273 g/mol. The molecule has 1 N–H and O–H groups in total. The number of hydrogen-bond acceptors (Lipinski definition) is 3. The van der Waals surface area contributed by atoms with E-state index in [1.165, 1.54) is 6.07 Å². The second-order valence-corrected chi connectivity index (χ2v) is 4.70. The van der Waals surface area contributed by atoms with Gasteiger partial charge in [-0.05, 0) is 25.2 Å². The smallest absolute Gasteiger partial charge is 0.161 e. The summed E-state index contributed by atoms with van der Waals surface area (Å²) in [5, 5.41) is 3.11. The fourth-order valence-electron chi connectivity index (χ4n) is 2.47. The molecule has 2 aromatic rings. The molecule has 0 saturated carbocycles. The third-order valence-electron chi connectivity index (χ3n) is 3.45. The zero-order valence-corrected chi connectivity index (χ0v) is 11.2. The number of hydrogen-bond donors (Lipinski definition) is 1. The third kappa shape index (κ3) is 2.34. The number of halogens is 1. The van der Waals surface area contributed by atoms with Crippen LogP contribution in [0.2, 0.25) is 0 Å². The Morgan fingerprint density at radius 2 is 1.80 bits per heavy atom. The van der Waals surface area contributed by atoms with Gasteiger partial charge in [0, 0.05) is 5.56 Å². The molecule has 0 radical (unpaired) electrons. The Labute approximate surface area is 117 Å². The van der Waals surface area contributed by atoms with E-state index in [2.05, 4.69) is 5.32 Å². The van der Waals surface area contributed by atoms with Gasteiger partial charge in [-0.2, -0.15) is 0 Å². The van der Waals surface area contributed by atoms with Gasteiger partial charge in [-0.1, -0.05) is 30.3 Å². The van der Waals surface area contributed by atoms with Crippen LogP contribution in [0.15, 0.2) is 48.5 Å². The van der Waals surface area contributed by atoms with E-state index >= 15 is 0 Å². The van der Waals surface area contributed by atoms with Crippen molar-refractivity contribution in [1.82, 2.24) is 5.32 Å². The fourth-order valence-corrected chi connectivity index (χ4v) is 2.47. The molecule has 1 heterocycles. The Balaban J connectivity index is 1.87. The van der Waals surface area contributed by atoms with Crippen LogP contribution in [-0.2, 0) is 0 Å². The van der Waals surface area contributed by atoms with Crippen LogP contribution >= 0.6 is 0 Å². The molecule has 0 aliphatic carbocycles. The third-order valence-corrected chi connectivity index (χ3v) is 3.45. The van der Waals surface area contributed by atoms with Crippen molar-refractivity contribution in [2.24, 2.45) is 0 Å². The summed E-state index contributed by atoms with van der Waals surface area (Å²) < 4.78 is 25.6. The van der Waals surface area contributed by atoms with Crippen molar-refractivity contribution in [2.45, 2.75) is 12.1 Å². The summed E-state index contributed by atoms with van der Waals surface area (Å²) in [6.45, 7) is 0.386. The van der Waals surface area contributed by atoms with E-state index in [9.17, 15) is 4.39 Å². The molecular formula is C16H16FNO2. The lowest BCUT2D eigenvalue weighted by atomic mass is 10.0. The lowest BCUT2D eigenvalue weighted by molar-refractivity contribution is 0.0629. The van der Waals surface area contributed by atoms with E-state index in [4.69, 9.17) is 9.47 Å². The predicted molar refractivity (Wildman–Crippen MR) is 74.6 cm³/mol. The topological polar surface area (TPSA) is 30.5 Å². The van der Waals surface area contributed by atoms with Gasteiger partial charge in [0.15, 0.2) is 17.6 Å². The van der Waals surface area contributed by atoms with Gasteiger partial charge in [-0.3, -0.25) is 0 Å². The summed E-state index contributed by atoms with van der Waals surface area (Å²) in [5.41, 5.74) is 0.586. The lowest BCUT2D eigenvalue weighted by Gasteiger charge is -2.32. The summed E-state index contributed by atoms with van der Waals surface area (Å²) in [5.74, 6) is 1.18. The highest BCUT2D eigenvalue weighted by Gasteiger charge is 2.30. The highest BCUT2D eigenvalue weighted by Crippen LogP contribution is 2.34. The number of para-hydroxylation sites is 2. The molecule has 0 amide bonds. The van der Waals surface area contributed by atoms with Crippen LogP contribution in [0.5, 0.6) is 11.5 Å². The summed E-state index contributed by atoms with van der Waals surface area (Å²) in [4.78, 5) is 0. The summed E-state index contributed by atoms with van der Waals surface area (Å²) in [6.07, 6.45) is -0.271. The average Bonchev–Trinajstić information content (AvgIpc) is 2.50. The van der Waals surface area contributed by atoms with Crippen molar-refractivity contribution in [3.63, 3.8) is 0 Å². The molecular weight excluding hydrogens is 257 g/mol. The van der Waals surface area contributed by atoms with Gasteiger partial charge in [-0.15, -0.1) is 0 Å². The molecule has 2 atom stereocenters. The molecule has 2 aromatic carbocycles. The predicted octanol–water partition coefficient (Wildman–Crippen LogP) is 2.93. The van der Waals surface area contributed by atoms with Crippen molar-refractivity contribution < 1.29 is 13.9 Å². The van der Waals surface area contributed by atoms with Crippen molar-refractivity contribution in [3.8, 4) is 11.5 Å². The number of ether oxygens (including phenoxy) is 2. The average molecular weight is 273 g/mol. The van der Waals surface area contributed by atoms with Crippen LogP contribution in [0.4, 0.5) is 4.39 Å². The number of fused-ring (bicyclic) bond motifs is 1. The summed E-state index contributed by atoms with van der Waals surface area (Å²) >= 11 is 0. The van der Waals surface area contributed by atoms with Crippen molar-refractivity contribution >= 4 is 0 Å². The summed E-state index contributed by atoms with van der Waals surface area (Å²) in [7, 11) is 1.79. The van der Waals surface area contributed by atoms with E-state index in [0.717, 1.165) is 5.75 Å². The van der Waals surface area contributed by atoms with Crippen LogP contribution in [0.1, 0.15) is 11.6 Å². The van der Waals surface area contributed by atoms with Gasteiger partial charge >= 0.3 is 0 Å². The number of benzene rings is 2. The first-order chi connectivity index (χ1) is 9.79. The van der Waals surface area contributed by atoms with E-state index in [1.807, 2.05) is 30.3 Å². The second kappa shape index (κ2) is 5.51. The van der Waals surface area contributed by atoms with Gasteiger partial charge in [0.25, 0.3) is 0 Å². The second-order valence-electron chi connectivity index (χ2n) is 4.70. The molecule has 0 aromatic heterocycles. The molecule has 1 aliphatic heterocycles. The molecule has 1 aliphatic rings. The minimum atomic E-state index is -0.271. The van der Waals surface area contributed by atoms with Gasteiger partial charge in [0.2, 0.25) is 0 Å². The quantitative estimate of drug-likeness (QED) is 0.932. The van der Waals surface area contributed by atoms with Crippen molar-refractivity contribution in [2.75, 3.05) is 13.7 Å². The van der Waals surface area contributed by atoms with Crippen molar-refractivity contribution in [1.29, 1.82) is 0 Å². The van der Waals surface area contributed by atoms with Gasteiger partial charge in [0.05, 0.1) is 6.04 Å². The first-order valence-corrected chi connectivity index (χ1v) is 6.60. The number of rotatable bonds is 3. The molecule has 4 heteroatoms. The zero-order valence-electron chi connectivity index (χ0n) is 11.2. The molecule has 20 heavy (non-hydrogen) atoms. The minimum absolute atomic E-state index is 0.241. The summed E-state index contributed by atoms with van der Waals surface area (Å²) in [6, 6.07) is 14.0. The Kier molecular flexibility index (Phi) is 3.56. The minimum Gasteiger partial charge on any atom is -0.486 e. The lowest BCUT2D eigenvalue weighted by Crippen LogP contribution is -2.40. The Hall–Kier alpha value is -2.07. The maximum atomic E-state index is 13.9. The first kappa shape index (κ1) is 12.9. The fraction of sp³-hybridized carbons (Fsp3) is 0.250.